The van der Waals surface area contributed by atoms with Crippen LogP contribution in [0.3, 0.4) is 0 Å². The van der Waals surface area contributed by atoms with Crippen LogP contribution in [0.2, 0.25) is 10.0 Å². The number of aromatic nitrogens is 4. The molecule has 3 heterocycles. The number of nitrogens with zero attached hydrogens (tertiary/aromatic N) is 4. The molecule has 0 saturated carbocycles. The zero-order valence-corrected chi connectivity index (χ0v) is 18.9. The fraction of sp³-hybridized carbons (Fsp3) is 0.167. The van der Waals surface area contributed by atoms with Gasteiger partial charge in [0.2, 0.25) is 5.91 Å². The number of carbonyl (C=O) groups excluding carboxylic acids is 1. The first-order valence-corrected chi connectivity index (χ1v) is 10.9. The number of nitrogens with one attached hydrogen (secondary N) is 1. The van der Waals surface area contributed by atoms with Crippen molar-refractivity contribution in [2.75, 3.05) is 5.32 Å². The summed E-state index contributed by atoms with van der Waals surface area (Å²) in [5.74, 6) is 0.658. The van der Waals surface area contributed by atoms with Crippen molar-refractivity contribution in [3.8, 4) is 17.2 Å². The average molecular weight is 464 g/mol. The van der Waals surface area contributed by atoms with Crippen LogP contribution in [0.4, 0.5) is 5.82 Å². The zero-order chi connectivity index (χ0) is 22.4. The zero-order valence-electron chi connectivity index (χ0n) is 17.4. The molecule has 8 heteroatoms. The molecule has 6 nitrogen and oxygen atoms in total. The van der Waals surface area contributed by atoms with E-state index in [1.807, 2.05) is 68.4 Å². The van der Waals surface area contributed by atoms with Crippen molar-refractivity contribution in [1.82, 2.24) is 19.7 Å². The molecule has 1 unspecified atom stereocenters. The monoisotopic (exact) mass is 463 g/mol. The predicted octanol–water partition coefficient (Wildman–Crippen LogP) is 5.73. The lowest BCUT2D eigenvalue weighted by atomic mass is 9.84. The molecule has 1 amide bonds. The van der Waals surface area contributed by atoms with Crippen molar-refractivity contribution >= 4 is 34.9 Å². The highest BCUT2D eigenvalue weighted by molar-refractivity contribution is 6.31. The van der Waals surface area contributed by atoms with Crippen molar-refractivity contribution in [1.29, 1.82) is 0 Å². The summed E-state index contributed by atoms with van der Waals surface area (Å²) in [6.45, 7) is 3.81. The van der Waals surface area contributed by atoms with E-state index in [1.54, 1.807) is 4.68 Å². The highest BCUT2D eigenvalue weighted by Gasteiger charge is 2.35. The van der Waals surface area contributed by atoms with Crippen molar-refractivity contribution in [2.45, 2.75) is 26.2 Å². The minimum atomic E-state index is -0.220. The van der Waals surface area contributed by atoms with Gasteiger partial charge < -0.3 is 5.32 Å². The molecule has 0 saturated heterocycles. The molecule has 4 aromatic rings. The number of anilines is 1. The van der Waals surface area contributed by atoms with E-state index in [2.05, 4.69) is 15.3 Å². The third kappa shape index (κ3) is 3.76. The Kier molecular flexibility index (Phi) is 5.19. The quantitative estimate of drug-likeness (QED) is 0.421. The minimum absolute atomic E-state index is 0.101. The van der Waals surface area contributed by atoms with E-state index < -0.39 is 0 Å². The van der Waals surface area contributed by atoms with Crippen molar-refractivity contribution < 1.29 is 4.79 Å². The van der Waals surface area contributed by atoms with Gasteiger partial charge in [-0.05, 0) is 49.7 Å². The highest BCUT2D eigenvalue weighted by Crippen LogP contribution is 2.44. The van der Waals surface area contributed by atoms with E-state index >= 15 is 0 Å². The summed E-state index contributed by atoms with van der Waals surface area (Å²) in [7, 11) is 0. The Hall–Kier alpha value is -3.22. The molecule has 1 N–H and O–H groups in total. The third-order valence-corrected chi connectivity index (χ3v) is 5.93. The molecule has 160 valence electrons. The van der Waals surface area contributed by atoms with Gasteiger partial charge in [-0.25, -0.2) is 9.97 Å². The van der Waals surface area contributed by atoms with Gasteiger partial charge in [-0.3, -0.25) is 4.79 Å². The molecule has 1 aliphatic heterocycles. The summed E-state index contributed by atoms with van der Waals surface area (Å²) in [6, 6.07) is 17.0. The minimum Gasteiger partial charge on any atom is -0.310 e. The van der Waals surface area contributed by atoms with Gasteiger partial charge in [-0.2, -0.15) is 9.78 Å². The number of hydrogen-bond donors (Lipinski definition) is 1. The van der Waals surface area contributed by atoms with Crippen LogP contribution in [-0.2, 0) is 4.79 Å². The number of halogens is 2. The van der Waals surface area contributed by atoms with Crippen LogP contribution < -0.4 is 5.32 Å². The van der Waals surface area contributed by atoms with E-state index in [-0.39, 0.29) is 18.2 Å². The molecule has 0 bridgehead atoms. The lowest BCUT2D eigenvalue weighted by molar-refractivity contribution is -0.116. The average Bonchev–Trinajstić information content (AvgIpc) is 3.12. The molecule has 1 aliphatic rings. The summed E-state index contributed by atoms with van der Waals surface area (Å²) < 4.78 is 1.62. The molecule has 0 fully saturated rings. The predicted molar refractivity (Wildman–Crippen MR) is 126 cm³/mol. The second-order valence-corrected chi connectivity index (χ2v) is 8.71. The lowest BCUT2D eigenvalue weighted by Crippen LogP contribution is -2.25. The number of carbonyl (C=O) groups is 1. The van der Waals surface area contributed by atoms with Crippen molar-refractivity contribution in [3.63, 3.8) is 0 Å². The topological polar surface area (TPSA) is 72.7 Å². The first-order chi connectivity index (χ1) is 15.4. The van der Waals surface area contributed by atoms with E-state index in [0.717, 1.165) is 33.8 Å². The van der Waals surface area contributed by atoms with E-state index in [1.165, 1.54) is 0 Å². The molecule has 0 radical (unpaired) electrons. The number of aryl methyl sites for hydroxylation is 2. The number of hydrogen-bond acceptors (Lipinski definition) is 4. The Morgan fingerprint density at radius 3 is 2.38 bits per heavy atom. The Balaban J connectivity index is 1.79. The molecule has 5 rings (SSSR count). The Bertz CT molecular complexity index is 1330. The first kappa shape index (κ1) is 20.7. The van der Waals surface area contributed by atoms with E-state index in [4.69, 9.17) is 28.3 Å². The molecular weight excluding hydrogens is 445 g/mol. The largest absolute Gasteiger partial charge is 0.310 e. The summed E-state index contributed by atoms with van der Waals surface area (Å²) in [4.78, 5) is 21.9. The molecule has 1 atom stereocenters. The number of amides is 1. The molecule has 32 heavy (non-hydrogen) atoms. The molecular formula is C24H19Cl2N5O. The molecule has 2 aromatic carbocycles. The number of benzene rings is 2. The Labute approximate surface area is 195 Å². The summed E-state index contributed by atoms with van der Waals surface area (Å²) in [6.07, 6.45) is 0.285. The maximum Gasteiger partial charge on any atom is 0.252 e. The van der Waals surface area contributed by atoms with E-state index in [0.29, 0.717) is 21.8 Å². The lowest BCUT2D eigenvalue weighted by Gasteiger charge is -2.24. The van der Waals surface area contributed by atoms with Crippen molar-refractivity contribution in [2.24, 2.45) is 0 Å². The van der Waals surface area contributed by atoms with Crippen LogP contribution in [-0.4, -0.2) is 25.7 Å². The Morgan fingerprint density at radius 2 is 1.69 bits per heavy atom. The fourth-order valence-corrected chi connectivity index (χ4v) is 4.45. The maximum atomic E-state index is 12.8. The smallest absolute Gasteiger partial charge is 0.252 e. The Morgan fingerprint density at radius 1 is 0.969 bits per heavy atom. The highest BCUT2D eigenvalue weighted by atomic mass is 35.5. The van der Waals surface area contributed by atoms with Crippen LogP contribution >= 0.6 is 23.2 Å². The van der Waals surface area contributed by atoms with Gasteiger partial charge in [0.05, 0.1) is 5.69 Å². The SMILES string of the molecule is Cc1cc(C)nc(-n2nc(-c3ccc(Cl)cc3)c3c2NC(=O)CC3c2cccc(Cl)c2)n1. The maximum absolute atomic E-state index is 12.8. The summed E-state index contributed by atoms with van der Waals surface area (Å²) in [5, 5.41) is 9.14. The van der Waals surface area contributed by atoms with Gasteiger partial charge in [0.1, 0.15) is 5.82 Å². The normalized spacial score (nSPS) is 15.4. The van der Waals surface area contributed by atoms with Gasteiger partial charge in [0.25, 0.3) is 5.95 Å². The summed E-state index contributed by atoms with van der Waals surface area (Å²) in [5.41, 5.74) is 5.11. The van der Waals surface area contributed by atoms with Crippen molar-refractivity contribution in [3.05, 3.63) is 87.2 Å². The number of rotatable bonds is 3. The second kappa shape index (κ2) is 8.04. The van der Waals surface area contributed by atoms with Crippen LogP contribution in [0, 0.1) is 13.8 Å². The third-order valence-electron chi connectivity index (χ3n) is 5.45. The van der Waals surface area contributed by atoms with Gasteiger partial charge in [-0.15, -0.1) is 0 Å². The van der Waals surface area contributed by atoms with Crippen LogP contribution in [0.15, 0.2) is 54.6 Å². The second-order valence-electron chi connectivity index (χ2n) is 7.84. The first-order valence-electron chi connectivity index (χ1n) is 10.2. The van der Waals surface area contributed by atoms with Crippen LogP contribution in [0.5, 0.6) is 0 Å². The van der Waals surface area contributed by atoms with Crippen LogP contribution in [0.1, 0.15) is 34.9 Å². The molecule has 0 aliphatic carbocycles. The van der Waals surface area contributed by atoms with Gasteiger partial charge in [0, 0.05) is 44.9 Å². The molecule has 0 spiro atoms. The van der Waals surface area contributed by atoms with Gasteiger partial charge in [-0.1, -0.05) is 47.5 Å². The van der Waals surface area contributed by atoms with Crippen LogP contribution in [0.25, 0.3) is 17.2 Å². The van der Waals surface area contributed by atoms with Gasteiger partial charge >= 0.3 is 0 Å². The van der Waals surface area contributed by atoms with Gasteiger partial charge in [0.15, 0.2) is 0 Å². The van der Waals surface area contributed by atoms with E-state index in [9.17, 15) is 4.79 Å². The standard InChI is InChI=1S/C24H19Cl2N5O/c1-13-10-14(2)28-24(27-13)31-23-21(22(30-31)15-6-8-17(25)9-7-15)19(12-20(32)29-23)16-4-3-5-18(26)11-16/h3-11,19H,12H2,1-2H3,(H,29,32). The molecule has 2 aromatic heterocycles. The summed E-state index contributed by atoms with van der Waals surface area (Å²) >= 11 is 12.4. The number of fused-ring (bicyclic) bond motifs is 1. The fourth-order valence-electron chi connectivity index (χ4n) is 4.13.